The van der Waals surface area contributed by atoms with Gasteiger partial charge in [-0.25, -0.2) is 0 Å². The normalized spacial score (nSPS) is 26.4. The summed E-state index contributed by atoms with van der Waals surface area (Å²) in [6.45, 7) is 16.2. The van der Waals surface area contributed by atoms with Gasteiger partial charge in [0.25, 0.3) is 0 Å². The van der Waals surface area contributed by atoms with Crippen LogP contribution in [0.2, 0.25) is 0 Å². The summed E-state index contributed by atoms with van der Waals surface area (Å²) >= 11 is 0. The Morgan fingerprint density at radius 3 is 1.88 bits per heavy atom. The Balaban J connectivity index is 2.69. The first-order valence-electron chi connectivity index (χ1n) is 6.63. The van der Waals surface area contributed by atoms with Crippen LogP contribution >= 0.6 is 0 Å². The fourth-order valence-corrected chi connectivity index (χ4v) is 3.08. The van der Waals surface area contributed by atoms with Gasteiger partial charge in [-0.1, -0.05) is 34.6 Å². The molecule has 0 aromatic heterocycles. The SMILES string of the molecule is CC(N)C(N1CCC(C)(C)CC1)C(C)(C)C. The van der Waals surface area contributed by atoms with Crippen molar-refractivity contribution >= 4 is 0 Å². The molecule has 1 saturated heterocycles. The zero-order valence-corrected chi connectivity index (χ0v) is 12.0. The van der Waals surface area contributed by atoms with Gasteiger partial charge in [0.1, 0.15) is 0 Å². The lowest BCUT2D eigenvalue weighted by atomic mass is 9.77. The van der Waals surface area contributed by atoms with Gasteiger partial charge in [-0.05, 0) is 43.7 Å². The second-order valence-electron chi connectivity index (χ2n) is 7.37. The third-order valence-corrected chi connectivity index (χ3v) is 3.93. The number of piperidine rings is 1. The van der Waals surface area contributed by atoms with Crippen molar-refractivity contribution in [3.63, 3.8) is 0 Å². The minimum atomic E-state index is 0.251. The highest BCUT2D eigenvalue weighted by Gasteiger charge is 2.36. The van der Waals surface area contributed by atoms with E-state index < -0.39 is 0 Å². The van der Waals surface area contributed by atoms with Gasteiger partial charge in [0.05, 0.1) is 0 Å². The summed E-state index contributed by atoms with van der Waals surface area (Å²) in [5.74, 6) is 0. The molecular weight excluding hydrogens is 196 g/mol. The molecule has 0 aromatic carbocycles. The highest BCUT2D eigenvalue weighted by molar-refractivity contribution is 4.92. The predicted molar refractivity (Wildman–Crippen MR) is 71.5 cm³/mol. The van der Waals surface area contributed by atoms with Gasteiger partial charge in [0, 0.05) is 12.1 Å². The van der Waals surface area contributed by atoms with Crippen LogP contribution in [0.5, 0.6) is 0 Å². The smallest absolute Gasteiger partial charge is 0.0292 e. The predicted octanol–water partition coefficient (Wildman–Crippen LogP) is 2.87. The molecule has 1 aliphatic heterocycles. The van der Waals surface area contributed by atoms with E-state index in [0.29, 0.717) is 11.5 Å². The summed E-state index contributed by atoms with van der Waals surface area (Å²) in [6.07, 6.45) is 2.60. The molecule has 0 aliphatic carbocycles. The van der Waals surface area contributed by atoms with Crippen molar-refractivity contribution in [2.75, 3.05) is 13.1 Å². The van der Waals surface area contributed by atoms with Crippen molar-refractivity contribution < 1.29 is 0 Å². The first-order valence-corrected chi connectivity index (χ1v) is 6.63. The largest absolute Gasteiger partial charge is 0.327 e. The summed E-state index contributed by atoms with van der Waals surface area (Å²) in [7, 11) is 0. The Hall–Kier alpha value is -0.0800. The van der Waals surface area contributed by atoms with E-state index in [1.54, 1.807) is 0 Å². The summed E-state index contributed by atoms with van der Waals surface area (Å²) < 4.78 is 0. The highest BCUT2D eigenvalue weighted by atomic mass is 15.2. The summed E-state index contributed by atoms with van der Waals surface area (Å²) in [5.41, 5.74) is 6.98. The Labute approximate surface area is 102 Å². The fraction of sp³-hybridized carbons (Fsp3) is 1.00. The lowest BCUT2D eigenvalue weighted by Crippen LogP contribution is -2.56. The molecule has 2 nitrogen and oxygen atoms in total. The van der Waals surface area contributed by atoms with Crippen LogP contribution in [0.25, 0.3) is 0 Å². The highest BCUT2D eigenvalue weighted by Crippen LogP contribution is 2.34. The number of hydrogen-bond donors (Lipinski definition) is 1. The van der Waals surface area contributed by atoms with Crippen molar-refractivity contribution in [1.82, 2.24) is 4.90 Å². The van der Waals surface area contributed by atoms with Crippen molar-refractivity contribution in [3.05, 3.63) is 0 Å². The minimum Gasteiger partial charge on any atom is -0.327 e. The molecule has 1 fully saturated rings. The molecule has 0 spiro atoms. The third-order valence-electron chi connectivity index (χ3n) is 3.93. The molecular formula is C14H30N2. The van der Waals surface area contributed by atoms with Gasteiger partial charge >= 0.3 is 0 Å². The molecule has 0 bridgehead atoms. The standard InChI is InChI=1S/C14H30N2/c1-11(15)12(13(2,3)4)16-9-7-14(5,6)8-10-16/h11-12H,7-10,15H2,1-6H3. The third kappa shape index (κ3) is 3.46. The van der Waals surface area contributed by atoms with E-state index in [2.05, 4.69) is 46.4 Å². The Kier molecular flexibility index (Phi) is 4.07. The Morgan fingerprint density at radius 2 is 1.56 bits per heavy atom. The van der Waals surface area contributed by atoms with Crippen LogP contribution in [0.3, 0.4) is 0 Å². The van der Waals surface area contributed by atoms with Gasteiger partial charge in [-0.2, -0.15) is 0 Å². The number of hydrogen-bond acceptors (Lipinski definition) is 2. The average Bonchev–Trinajstić information content (AvgIpc) is 2.05. The molecule has 0 radical (unpaired) electrons. The van der Waals surface area contributed by atoms with E-state index in [1.165, 1.54) is 25.9 Å². The molecule has 2 unspecified atom stereocenters. The van der Waals surface area contributed by atoms with Crippen LogP contribution in [0, 0.1) is 10.8 Å². The second kappa shape index (κ2) is 4.66. The molecule has 96 valence electrons. The van der Waals surface area contributed by atoms with E-state index in [1.807, 2.05) is 0 Å². The Bertz CT molecular complexity index is 215. The van der Waals surface area contributed by atoms with Gasteiger partial charge in [-0.15, -0.1) is 0 Å². The van der Waals surface area contributed by atoms with Gasteiger partial charge in [-0.3, -0.25) is 4.90 Å². The maximum absolute atomic E-state index is 6.18. The van der Waals surface area contributed by atoms with Crippen molar-refractivity contribution in [2.45, 2.75) is 66.5 Å². The molecule has 0 amide bonds. The first kappa shape index (κ1) is 14.0. The van der Waals surface area contributed by atoms with E-state index in [-0.39, 0.29) is 11.5 Å². The lowest BCUT2D eigenvalue weighted by molar-refractivity contribution is 0.0313. The number of rotatable bonds is 2. The number of likely N-dealkylation sites (tertiary alicyclic amines) is 1. The number of nitrogens with two attached hydrogens (primary N) is 1. The monoisotopic (exact) mass is 226 g/mol. The average molecular weight is 226 g/mol. The molecule has 1 aliphatic rings. The van der Waals surface area contributed by atoms with E-state index in [0.717, 1.165) is 0 Å². The van der Waals surface area contributed by atoms with Crippen LogP contribution in [-0.2, 0) is 0 Å². The van der Waals surface area contributed by atoms with Gasteiger partial charge in [0.2, 0.25) is 0 Å². The van der Waals surface area contributed by atoms with Crippen LogP contribution in [0.1, 0.15) is 54.4 Å². The van der Waals surface area contributed by atoms with Crippen LogP contribution in [-0.4, -0.2) is 30.1 Å². The van der Waals surface area contributed by atoms with Crippen molar-refractivity contribution in [3.8, 4) is 0 Å². The summed E-state index contributed by atoms with van der Waals surface area (Å²) in [6, 6.07) is 0.754. The number of nitrogens with zero attached hydrogens (tertiary/aromatic N) is 1. The Morgan fingerprint density at radius 1 is 1.12 bits per heavy atom. The van der Waals surface area contributed by atoms with Crippen LogP contribution < -0.4 is 5.73 Å². The first-order chi connectivity index (χ1) is 7.13. The molecule has 16 heavy (non-hydrogen) atoms. The quantitative estimate of drug-likeness (QED) is 0.784. The molecule has 0 aromatic rings. The van der Waals surface area contributed by atoms with Crippen molar-refractivity contribution in [1.29, 1.82) is 0 Å². The molecule has 0 saturated carbocycles. The maximum Gasteiger partial charge on any atom is 0.0292 e. The summed E-state index contributed by atoms with van der Waals surface area (Å²) in [5, 5.41) is 0. The topological polar surface area (TPSA) is 29.3 Å². The molecule has 1 rings (SSSR count). The fourth-order valence-electron chi connectivity index (χ4n) is 3.08. The molecule has 2 heteroatoms. The zero-order valence-electron chi connectivity index (χ0n) is 12.0. The maximum atomic E-state index is 6.18. The minimum absolute atomic E-state index is 0.251. The van der Waals surface area contributed by atoms with Crippen LogP contribution in [0.4, 0.5) is 0 Å². The second-order valence-corrected chi connectivity index (χ2v) is 7.37. The lowest BCUT2D eigenvalue weighted by Gasteiger charge is -2.47. The zero-order chi connectivity index (χ0) is 12.6. The molecule has 1 heterocycles. The van der Waals surface area contributed by atoms with Gasteiger partial charge in [0.15, 0.2) is 0 Å². The van der Waals surface area contributed by atoms with Crippen molar-refractivity contribution in [2.24, 2.45) is 16.6 Å². The van der Waals surface area contributed by atoms with E-state index in [9.17, 15) is 0 Å². The van der Waals surface area contributed by atoms with Crippen LogP contribution in [0.15, 0.2) is 0 Å². The van der Waals surface area contributed by atoms with Gasteiger partial charge < -0.3 is 5.73 Å². The van der Waals surface area contributed by atoms with E-state index >= 15 is 0 Å². The molecule has 2 atom stereocenters. The summed E-state index contributed by atoms with van der Waals surface area (Å²) in [4.78, 5) is 2.61. The van der Waals surface area contributed by atoms with E-state index in [4.69, 9.17) is 5.73 Å². The molecule has 2 N–H and O–H groups in total.